The van der Waals surface area contributed by atoms with Crippen LogP contribution in [0.4, 0.5) is 0 Å². The van der Waals surface area contributed by atoms with Crippen LogP contribution in [0.3, 0.4) is 0 Å². The second-order valence-electron chi connectivity index (χ2n) is 9.55. The maximum atomic E-state index is 12.2. The molecule has 0 saturated heterocycles. The van der Waals surface area contributed by atoms with E-state index in [2.05, 4.69) is 30.7 Å². The average Bonchev–Trinajstić information content (AvgIpc) is 2.93. The molecular formula is C31H40N2O3. The number of hydrogen-bond acceptors (Lipinski definition) is 5. The largest absolute Gasteiger partial charge is 0.489 e. The van der Waals surface area contributed by atoms with Gasteiger partial charge in [-0.2, -0.15) is 0 Å². The molecule has 0 amide bonds. The molecule has 192 valence electrons. The van der Waals surface area contributed by atoms with Gasteiger partial charge in [-0.05, 0) is 66.3 Å². The van der Waals surface area contributed by atoms with Crippen LogP contribution in [0.1, 0.15) is 87.2 Å². The van der Waals surface area contributed by atoms with Crippen molar-refractivity contribution in [3.8, 4) is 17.1 Å². The SMILES string of the molecule is CCCCCCCCc1cnc(-c2ccc(OCc3ccc(C(=O)OCC(C)CC)cc3)cc2)nc1. The number of benzene rings is 2. The third-order valence-corrected chi connectivity index (χ3v) is 6.43. The predicted octanol–water partition coefficient (Wildman–Crippen LogP) is 7.83. The van der Waals surface area contributed by atoms with Crippen molar-refractivity contribution in [3.63, 3.8) is 0 Å². The zero-order valence-corrected chi connectivity index (χ0v) is 22.0. The molecule has 2 aromatic carbocycles. The van der Waals surface area contributed by atoms with Crippen LogP contribution < -0.4 is 4.74 Å². The average molecular weight is 489 g/mol. The molecule has 0 fully saturated rings. The fourth-order valence-corrected chi connectivity index (χ4v) is 3.77. The number of carbonyl (C=O) groups is 1. The van der Waals surface area contributed by atoms with Gasteiger partial charge in [-0.3, -0.25) is 0 Å². The minimum atomic E-state index is -0.281. The Labute approximate surface area is 216 Å². The summed E-state index contributed by atoms with van der Waals surface area (Å²) in [6.07, 6.45) is 13.7. The van der Waals surface area contributed by atoms with E-state index in [1.54, 1.807) is 12.1 Å². The Kier molecular flexibility index (Phi) is 11.4. The van der Waals surface area contributed by atoms with Crippen molar-refractivity contribution in [2.24, 2.45) is 5.92 Å². The molecule has 5 heteroatoms. The fraction of sp³-hybridized carbons (Fsp3) is 0.452. The number of carbonyl (C=O) groups excluding carboxylic acids is 1. The van der Waals surface area contributed by atoms with E-state index in [-0.39, 0.29) is 5.97 Å². The highest BCUT2D eigenvalue weighted by Gasteiger charge is 2.09. The molecule has 3 aromatic rings. The van der Waals surface area contributed by atoms with E-state index in [1.807, 2.05) is 48.8 Å². The van der Waals surface area contributed by atoms with E-state index >= 15 is 0 Å². The molecule has 0 spiro atoms. The molecule has 5 nitrogen and oxygen atoms in total. The number of rotatable bonds is 15. The summed E-state index contributed by atoms with van der Waals surface area (Å²) in [6, 6.07) is 15.2. The molecule has 0 saturated carbocycles. The minimum absolute atomic E-state index is 0.281. The highest BCUT2D eigenvalue weighted by Crippen LogP contribution is 2.21. The van der Waals surface area contributed by atoms with Gasteiger partial charge >= 0.3 is 5.97 Å². The molecule has 1 heterocycles. The van der Waals surface area contributed by atoms with Crippen LogP contribution in [0.2, 0.25) is 0 Å². The monoisotopic (exact) mass is 488 g/mol. The minimum Gasteiger partial charge on any atom is -0.489 e. The lowest BCUT2D eigenvalue weighted by molar-refractivity contribution is 0.0447. The molecule has 0 aliphatic carbocycles. The van der Waals surface area contributed by atoms with Gasteiger partial charge in [0.25, 0.3) is 0 Å². The summed E-state index contributed by atoms with van der Waals surface area (Å²) in [5.41, 5.74) is 3.71. The molecular weight excluding hydrogens is 448 g/mol. The topological polar surface area (TPSA) is 61.3 Å². The lowest BCUT2D eigenvalue weighted by Crippen LogP contribution is -2.11. The number of aromatic nitrogens is 2. The van der Waals surface area contributed by atoms with Crippen LogP contribution in [0.15, 0.2) is 60.9 Å². The van der Waals surface area contributed by atoms with Crippen molar-refractivity contribution in [3.05, 3.63) is 77.6 Å². The smallest absolute Gasteiger partial charge is 0.338 e. The van der Waals surface area contributed by atoms with Gasteiger partial charge in [-0.25, -0.2) is 14.8 Å². The van der Waals surface area contributed by atoms with E-state index in [9.17, 15) is 4.79 Å². The van der Waals surface area contributed by atoms with Gasteiger partial charge in [-0.1, -0.05) is 71.4 Å². The van der Waals surface area contributed by atoms with E-state index in [0.717, 1.165) is 35.5 Å². The van der Waals surface area contributed by atoms with Crippen LogP contribution in [-0.4, -0.2) is 22.5 Å². The number of aryl methyl sites for hydroxylation is 1. The maximum Gasteiger partial charge on any atom is 0.338 e. The van der Waals surface area contributed by atoms with Crippen LogP contribution >= 0.6 is 0 Å². The Morgan fingerprint density at radius 3 is 2.17 bits per heavy atom. The Morgan fingerprint density at radius 1 is 0.833 bits per heavy atom. The van der Waals surface area contributed by atoms with E-state index < -0.39 is 0 Å². The molecule has 0 aliphatic heterocycles. The lowest BCUT2D eigenvalue weighted by Gasteiger charge is -2.10. The van der Waals surface area contributed by atoms with Gasteiger partial charge < -0.3 is 9.47 Å². The van der Waals surface area contributed by atoms with Gasteiger partial charge in [0, 0.05) is 18.0 Å². The first-order chi connectivity index (χ1) is 17.6. The predicted molar refractivity (Wildman–Crippen MR) is 145 cm³/mol. The molecule has 1 aromatic heterocycles. The Hall–Kier alpha value is -3.21. The van der Waals surface area contributed by atoms with Gasteiger partial charge in [0.1, 0.15) is 12.4 Å². The van der Waals surface area contributed by atoms with Crippen molar-refractivity contribution in [1.29, 1.82) is 0 Å². The summed E-state index contributed by atoms with van der Waals surface area (Å²) in [5.74, 6) is 1.59. The van der Waals surface area contributed by atoms with Crippen molar-refractivity contribution >= 4 is 5.97 Å². The van der Waals surface area contributed by atoms with Crippen molar-refractivity contribution < 1.29 is 14.3 Å². The van der Waals surface area contributed by atoms with Crippen LogP contribution in [0.25, 0.3) is 11.4 Å². The van der Waals surface area contributed by atoms with Crippen molar-refractivity contribution in [2.45, 2.75) is 78.7 Å². The summed E-state index contributed by atoms with van der Waals surface area (Å²) in [7, 11) is 0. The fourth-order valence-electron chi connectivity index (χ4n) is 3.77. The van der Waals surface area contributed by atoms with E-state index in [1.165, 1.54) is 44.1 Å². The van der Waals surface area contributed by atoms with Crippen LogP contribution in [0.5, 0.6) is 5.75 Å². The molecule has 1 unspecified atom stereocenters. The zero-order valence-electron chi connectivity index (χ0n) is 22.0. The zero-order chi connectivity index (χ0) is 25.6. The summed E-state index contributed by atoms with van der Waals surface area (Å²) in [6.45, 7) is 7.27. The first-order valence-corrected chi connectivity index (χ1v) is 13.4. The van der Waals surface area contributed by atoms with Crippen LogP contribution in [0, 0.1) is 5.92 Å². The first kappa shape index (κ1) is 27.4. The lowest BCUT2D eigenvalue weighted by atomic mass is 10.1. The van der Waals surface area contributed by atoms with Gasteiger partial charge in [0.2, 0.25) is 0 Å². The quantitative estimate of drug-likeness (QED) is 0.161. The molecule has 0 bridgehead atoms. The number of ether oxygens (including phenoxy) is 2. The standard InChI is InChI=1S/C31H40N2O3/c1-4-6-7-8-9-10-11-26-20-32-30(33-21-26)27-16-18-29(19-17-27)35-23-25-12-14-28(15-13-25)31(34)36-22-24(3)5-2/h12-21,24H,4-11,22-23H2,1-3H3. The Morgan fingerprint density at radius 2 is 1.50 bits per heavy atom. The molecule has 1 atom stereocenters. The van der Waals surface area contributed by atoms with Crippen molar-refractivity contribution in [2.75, 3.05) is 6.61 Å². The second-order valence-corrected chi connectivity index (χ2v) is 9.55. The Bertz CT molecular complexity index is 1030. The Balaban J connectivity index is 1.44. The first-order valence-electron chi connectivity index (χ1n) is 13.4. The molecule has 0 aliphatic rings. The van der Waals surface area contributed by atoms with Crippen LogP contribution in [-0.2, 0) is 17.8 Å². The number of unbranched alkanes of at least 4 members (excludes halogenated alkanes) is 5. The maximum absolute atomic E-state index is 12.2. The highest BCUT2D eigenvalue weighted by molar-refractivity contribution is 5.89. The molecule has 0 N–H and O–H groups in total. The van der Waals surface area contributed by atoms with Crippen molar-refractivity contribution in [1.82, 2.24) is 9.97 Å². The second kappa shape index (κ2) is 15.0. The molecule has 3 rings (SSSR count). The van der Waals surface area contributed by atoms with Gasteiger partial charge in [0.15, 0.2) is 5.82 Å². The molecule has 36 heavy (non-hydrogen) atoms. The summed E-state index contributed by atoms with van der Waals surface area (Å²) >= 11 is 0. The summed E-state index contributed by atoms with van der Waals surface area (Å²) in [4.78, 5) is 21.3. The van der Waals surface area contributed by atoms with E-state index in [4.69, 9.17) is 9.47 Å². The van der Waals surface area contributed by atoms with E-state index in [0.29, 0.717) is 24.7 Å². The molecule has 0 radical (unpaired) electrons. The summed E-state index contributed by atoms with van der Waals surface area (Å²) < 4.78 is 11.3. The third-order valence-electron chi connectivity index (χ3n) is 6.43. The third kappa shape index (κ3) is 9.10. The van der Waals surface area contributed by atoms with Gasteiger partial charge in [-0.15, -0.1) is 0 Å². The number of esters is 1. The highest BCUT2D eigenvalue weighted by atomic mass is 16.5. The van der Waals surface area contributed by atoms with Gasteiger partial charge in [0.05, 0.1) is 12.2 Å². The number of hydrogen-bond donors (Lipinski definition) is 0. The number of nitrogens with zero attached hydrogens (tertiary/aromatic N) is 2. The summed E-state index contributed by atoms with van der Waals surface area (Å²) in [5, 5.41) is 0. The normalized spacial score (nSPS) is 11.8.